The monoisotopic (exact) mass is 146 g/mol. The van der Waals surface area contributed by atoms with E-state index in [0.29, 0.717) is 0 Å². The zero-order valence-electron chi connectivity index (χ0n) is 5.29. The fourth-order valence-corrected chi connectivity index (χ4v) is 0.534. The van der Waals surface area contributed by atoms with Gasteiger partial charge in [-0.15, -0.1) is 12.4 Å². The fourth-order valence-electron chi connectivity index (χ4n) is 0.534. The van der Waals surface area contributed by atoms with Gasteiger partial charge in [0.25, 0.3) is 0 Å². The zero-order chi connectivity index (χ0) is 5.11. The standard InChI is InChI=1S/C7H8.ClH.H2O/c1-7-5-3-2-4-6-7;;/h2-6H,1H3;1H;1H2. The minimum absolute atomic E-state index is 0. The first-order valence-corrected chi connectivity index (χ1v) is 2.41. The molecule has 0 fully saturated rings. The highest BCUT2D eigenvalue weighted by atomic mass is 35.5. The van der Waals surface area contributed by atoms with Crippen LogP contribution >= 0.6 is 12.4 Å². The van der Waals surface area contributed by atoms with Gasteiger partial charge in [-0.2, -0.15) is 0 Å². The topological polar surface area (TPSA) is 31.5 Å². The number of hydrogen-bond donors (Lipinski definition) is 0. The molecule has 1 nitrogen and oxygen atoms in total. The van der Waals surface area contributed by atoms with E-state index in [1.807, 2.05) is 18.2 Å². The highest BCUT2D eigenvalue weighted by Crippen LogP contribution is 1.92. The number of rotatable bonds is 0. The predicted octanol–water partition coefficient (Wildman–Crippen LogP) is 1.59. The molecule has 0 heterocycles. The lowest BCUT2D eigenvalue weighted by atomic mass is 10.2. The SMILES string of the molecule is Cc1ccccc1.Cl.O. The highest BCUT2D eigenvalue weighted by Gasteiger charge is 1.72. The van der Waals surface area contributed by atoms with E-state index in [9.17, 15) is 0 Å². The molecule has 0 spiro atoms. The van der Waals surface area contributed by atoms with Crippen LogP contribution in [0.1, 0.15) is 5.56 Å². The Bertz CT molecular complexity index is 139. The smallest absolute Gasteiger partial charge is 0.0398 e. The Morgan fingerprint density at radius 1 is 1.00 bits per heavy atom. The summed E-state index contributed by atoms with van der Waals surface area (Å²) in [6.07, 6.45) is 0. The molecule has 0 bridgehead atoms. The van der Waals surface area contributed by atoms with Crippen LogP contribution in [0.3, 0.4) is 0 Å². The van der Waals surface area contributed by atoms with Crippen molar-refractivity contribution < 1.29 is 5.48 Å². The van der Waals surface area contributed by atoms with E-state index < -0.39 is 0 Å². The summed E-state index contributed by atoms with van der Waals surface area (Å²) in [5.41, 5.74) is 1.32. The maximum absolute atomic E-state index is 2.08. The van der Waals surface area contributed by atoms with E-state index in [-0.39, 0.29) is 17.9 Å². The van der Waals surface area contributed by atoms with Crippen molar-refractivity contribution in [2.24, 2.45) is 0 Å². The van der Waals surface area contributed by atoms with E-state index in [2.05, 4.69) is 19.1 Å². The van der Waals surface area contributed by atoms with E-state index in [1.54, 1.807) is 0 Å². The Labute approximate surface area is 61.4 Å². The summed E-state index contributed by atoms with van der Waals surface area (Å²) in [6, 6.07) is 10.3. The van der Waals surface area contributed by atoms with Gasteiger partial charge in [-0.05, 0) is 6.92 Å². The molecule has 0 radical (unpaired) electrons. The molecular formula is C7H11ClO. The van der Waals surface area contributed by atoms with Gasteiger partial charge in [-0.25, -0.2) is 0 Å². The van der Waals surface area contributed by atoms with Crippen LogP contribution in [0.5, 0.6) is 0 Å². The number of halogens is 1. The van der Waals surface area contributed by atoms with Crippen LogP contribution in [0.15, 0.2) is 30.3 Å². The third kappa shape index (κ3) is 4.01. The third-order valence-electron chi connectivity index (χ3n) is 0.940. The summed E-state index contributed by atoms with van der Waals surface area (Å²) < 4.78 is 0. The maximum atomic E-state index is 2.08. The minimum Gasteiger partial charge on any atom is -0.412 e. The van der Waals surface area contributed by atoms with E-state index in [0.717, 1.165) is 0 Å². The lowest BCUT2D eigenvalue weighted by Crippen LogP contribution is -1.62. The van der Waals surface area contributed by atoms with Crippen LogP contribution in [0, 0.1) is 6.92 Å². The first-order valence-electron chi connectivity index (χ1n) is 2.41. The molecular weight excluding hydrogens is 136 g/mol. The van der Waals surface area contributed by atoms with Crippen LogP contribution in [0.25, 0.3) is 0 Å². The van der Waals surface area contributed by atoms with Crippen LogP contribution in [-0.4, -0.2) is 5.48 Å². The number of hydrogen-bond acceptors (Lipinski definition) is 0. The predicted molar refractivity (Wildman–Crippen MR) is 42.0 cm³/mol. The molecule has 0 saturated carbocycles. The molecule has 1 aromatic rings. The molecule has 0 aliphatic carbocycles. The van der Waals surface area contributed by atoms with Crippen molar-refractivity contribution >= 4 is 12.4 Å². The lowest BCUT2D eigenvalue weighted by molar-refractivity contribution is 0.824. The van der Waals surface area contributed by atoms with Gasteiger partial charge >= 0.3 is 0 Å². The van der Waals surface area contributed by atoms with Crippen molar-refractivity contribution in [3.8, 4) is 0 Å². The minimum atomic E-state index is 0. The van der Waals surface area contributed by atoms with Gasteiger partial charge in [0.15, 0.2) is 0 Å². The molecule has 0 aliphatic rings. The van der Waals surface area contributed by atoms with Crippen LogP contribution in [0.2, 0.25) is 0 Å². The first-order chi connectivity index (χ1) is 3.39. The second-order valence-electron chi connectivity index (χ2n) is 1.65. The van der Waals surface area contributed by atoms with Crippen molar-refractivity contribution in [3.63, 3.8) is 0 Å². The van der Waals surface area contributed by atoms with E-state index in [1.165, 1.54) is 5.56 Å². The molecule has 9 heavy (non-hydrogen) atoms. The summed E-state index contributed by atoms with van der Waals surface area (Å²) in [5, 5.41) is 0. The zero-order valence-corrected chi connectivity index (χ0v) is 6.11. The molecule has 0 aliphatic heterocycles. The van der Waals surface area contributed by atoms with Crippen molar-refractivity contribution in [3.05, 3.63) is 35.9 Å². The van der Waals surface area contributed by atoms with Gasteiger partial charge in [0.2, 0.25) is 0 Å². The average Bonchev–Trinajstić information content (AvgIpc) is 1.69. The Morgan fingerprint density at radius 2 is 1.44 bits per heavy atom. The van der Waals surface area contributed by atoms with Crippen LogP contribution in [0.4, 0.5) is 0 Å². The summed E-state index contributed by atoms with van der Waals surface area (Å²) >= 11 is 0. The van der Waals surface area contributed by atoms with Gasteiger partial charge in [0.05, 0.1) is 0 Å². The quantitative estimate of drug-likeness (QED) is 0.533. The van der Waals surface area contributed by atoms with Gasteiger partial charge < -0.3 is 5.48 Å². The second-order valence-corrected chi connectivity index (χ2v) is 1.65. The summed E-state index contributed by atoms with van der Waals surface area (Å²) in [7, 11) is 0. The fraction of sp³-hybridized carbons (Fsp3) is 0.143. The lowest BCUT2D eigenvalue weighted by Gasteiger charge is -1.82. The number of benzene rings is 1. The highest BCUT2D eigenvalue weighted by molar-refractivity contribution is 5.85. The largest absolute Gasteiger partial charge is 0.412 e. The molecule has 1 rings (SSSR count). The normalized spacial score (nSPS) is 6.78. The van der Waals surface area contributed by atoms with Gasteiger partial charge in [0.1, 0.15) is 0 Å². The first kappa shape index (κ1) is 11.3. The molecule has 0 atom stereocenters. The Morgan fingerprint density at radius 3 is 1.67 bits per heavy atom. The van der Waals surface area contributed by atoms with Crippen molar-refractivity contribution in [1.29, 1.82) is 0 Å². The third-order valence-corrected chi connectivity index (χ3v) is 0.940. The van der Waals surface area contributed by atoms with Gasteiger partial charge in [-0.3, -0.25) is 0 Å². The van der Waals surface area contributed by atoms with Crippen LogP contribution in [-0.2, 0) is 0 Å². The Hall–Kier alpha value is -0.530. The Balaban J connectivity index is 0. The molecule has 52 valence electrons. The summed E-state index contributed by atoms with van der Waals surface area (Å²) in [4.78, 5) is 0. The van der Waals surface area contributed by atoms with Crippen molar-refractivity contribution in [1.82, 2.24) is 0 Å². The van der Waals surface area contributed by atoms with Crippen molar-refractivity contribution in [2.45, 2.75) is 6.92 Å². The molecule has 0 unspecified atom stereocenters. The van der Waals surface area contributed by atoms with Crippen LogP contribution < -0.4 is 0 Å². The average molecular weight is 147 g/mol. The Kier molecular flexibility index (Phi) is 7.03. The molecule has 2 N–H and O–H groups in total. The molecule has 1 aromatic carbocycles. The molecule has 0 amide bonds. The van der Waals surface area contributed by atoms with Crippen molar-refractivity contribution in [2.75, 3.05) is 0 Å². The van der Waals surface area contributed by atoms with Gasteiger partial charge in [-0.1, -0.05) is 35.9 Å². The molecule has 0 aromatic heterocycles. The van der Waals surface area contributed by atoms with Gasteiger partial charge in [0, 0.05) is 0 Å². The summed E-state index contributed by atoms with van der Waals surface area (Å²) in [6.45, 7) is 2.08. The molecule has 0 saturated heterocycles. The molecule has 2 heteroatoms. The summed E-state index contributed by atoms with van der Waals surface area (Å²) in [5.74, 6) is 0. The second kappa shape index (κ2) is 5.60. The maximum Gasteiger partial charge on any atom is -0.0398 e. The number of aryl methyl sites for hydroxylation is 1. The van der Waals surface area contributed by atoms with E-state index >= 15 is 0 Å². The van der Waals surface area contributed by atoms with E-state index in [4.69, 9.17) is 0 Å².